The Bertz CT molecular complexity index is 1090. The highest BCUT2D eigenvalue weighted by Crippen LogP contribution is 2.34. The second-order valence-corrected chi connectivity index (χ2v) is 8.37. The lowest BCUT2D eigenvalue weighted by molar-refractivity contribution is -0.115. The van der Waals surface area contributed by atoms with E-state index < -0.39 is 5.25 Å². The van der Waals surface area contributed by atoms with Crippen LogP contribution >= 0.6 is 11.8 Å². The summed E-state index contributed by atoms with van der Waals surface area (Å²) >= 11 is 1.28. The van der Waals surface area contributed by atoms with Crippen LogP contribution in [0.3, 0.4) is 0 Å². The van der Waals surface area contributed by atoms with Gasteiger partial charge in [0.15, 0.2) is 11.0 Å². The number of amides is 1. The number of carbonyl (C=O) groups excluding carboxylic acids is 2. The zero-order valence-corrected chi connectivity index (χ0v) is 17.4. The molecule has 0 saturated heterocycles. The van der Waals surface area contributed by atoms with E-state index in [4.69, 9.17) is 0 Å². The van der Waals surface area contributed by atoms with Gasteiger partial charge in [-0.05, 0) is 43.0 Å². The molecule has 148 valence electrons. The summed E-state index contributed by atoms with van der Waals surface area (Å²) < 4.78 is 1.52. The molecule has 1 N–H and O–H groups in total. The molecule has 0 spiro atoms. The lowest BCUT2D eigenvalue weighted by atomic mass is 10.1. The van der Waals surface area contributed by atoms with Crippen molar-refractivity contribution >= 4 is 29.3 Å². The highest BCUT2D eigenvalue weighted by Gasteiger charge is 2.34. The molecule has 1 aliphatic rings. The molecule has 4 rings (SSSR count). The van der Waals surface area contributed by atoms with E-state index in [2.05, 4.69) is 22.4 Å². The van der Waals surface area contributed by atoms with Crippen molar-refractivity contribution in [2.45, 2.75) is 44.0 Å². The molecule has 0 bridgehead atoms. The third kappa shape index (κ3) is 3.82. The first-order valence-electron chi connectivity index (χ1n) is 9.59. The van der Waals surface area contributed by atoms with E-state index in [1.54, 1.807) is 0 Å². The monoisotopic (exact) mass is 406 g/mol. The number of aryl methyl sites for hydroxylation is 3. The van der Waals surface area contributed by atoms with Gasteiger partial charge in [-0.2, -0.15) is 0 Å². The Hall–Kier alpha value is -2.93. The minimum Gasteiger partial charge on any atom is -0.325 e. The summed E-state index contributed by atoms with van der Waals surface area (Å²) in [6.07, 6.45) is 1.05. The summed E-state index contributed by atoms with van der Waals surface area (Å²) in [5.41, 5.74) is 4.88. The van der Waals surface area contributed by atoms with Crippen LogP contribution in [0.5, 0.6) is 0 Å². The van der Waals surface area contributed by atoms with E-state index in [9.17, 15) is 9.59 Å². The number of rotatable bonds is 4. The van der Waals surface area contributed by atoms with Crippen LogP contribution in [0.15, 0.2) is 47.6 Å². The van der Waals surface area contributed by atoms with Gasteiger partial charge in [0.25, 0.3) is 0 Å². The molecule has 1 unspecified atom stereocenters. The van der Waals surface area contributed by atoms with E-state index in [0.29, 0.717) is 11.0 Å². The number of benzene rings is 2. The summed E-state index contributed by atoms with van der Waals surface area (Å²) in [7, 11) is 0. The van der Waals surface area contributed by atoms with Crippen molar-refractivity contribution < 1.29 is 9.59 Å². The van der Waals surface area contributed by atoms with Gasteiger partial charge < -0.3 is 5.32 Å². The van der Waals surface area contributed by atoms with Crippen LogP contribution < -0.4 is 5.32 Å². The fraction of sp³-hybridized carbons (Fsp3) is 0.273. The molecule has 1 atom stereocenters. The fourth-order valence-electron chi connectivity index (χ4n) is 3.30. The number of thioether (sulfide) groups is 1. The van der Waals surface area contributed by atoms with Gasteiger partial charge in [-0.25, -0.2) is 4.57 Å². The smallest absolute Gasteiger partial charge is 0.238 e. The fourth-order valence-corrected chi connectivity index (χ4v) is 4.32. The zero-order valence-electron chi connectivity index (χ0n) is 16.6. The van der Waals surface area contributed by atoms with Gasteiger partial charge >= 0.3 is 0 Å². The second kappa shape index (κ2) is 7.83. The molecular weight excluding hydrogens is 384 g/mol. The van der Waals surface area contributed by atoms with Crippen molar-refractivity contribution in [1.82, 2.24) is 14.8 Å². The van der Waals surface area contributed by atoms with Gasteiger partial charge in [-0.15, -0.1) is 10.2 Å². The van der Waals surface area contributed by atoms with E-state index in [1.165, 1.54) is 21.9 Å². The molecule has 7 heteroatoms. The Balaban J connectivity index is 1.56. The Morgan fingerprint density at radius 1 is 1.17 bits per heavy atom. The van der Waals surface area contributed by atoms with Crippen molar-refractivity contribution in [3.8, 4) is 11.4 Å². The number of anilines is 1. The van der Waals surface area contributed by atoms with Crippen molar-refractivity contribution in [2.24, 2.45) is 0 Å². The quantitative estimate of drug-likeness (QED) is 0.700. The Kier molecular flexibility index (Phi) is 5.24. The van der Waals surface area contributed by atoms with Crippen molar-refractivity contribution in [3.05, 3.63) is 59.2 Å². The molecular formula is C22H22N4O2S. The van der Waals surface area contributed by atoms with Gasteiger partial charge in [-0.3, -0.25) is 9.59 Å². The van der Waals surface area contributed by atoms with Gasteiger partial charge in [-0.1, -0.05) is 55.1 Å². The molecule has 3 aromatic rings. The molecule has 0 saturated carbocycles. The maximum absolute atomic E-state index is 12.8. The number of nitrogens with one attached hydrogen (secondary N) is 1. The largest absolute Gasteiger partial charge is 0.325 e. The maximum Gasteiger partial charge on any atom is 0.238 e. The molecule has 2 aromatic carbocycles. The first-order chi connectivity index (χ1) is 14.0. The van der Waals surface area contributed by atoms with Gasteiger partial charge in [0.2, 0.25) is 11.8 Å². The number of hydrogen-bond acceptors (Lipinski definition) is 5. The zero-order chi connectivity index (χ0) is 20.5. The molecule has 0 aliphatic carbocycles. The maximum atomic E-state index is 12.8. The van der Waals surface area contributed by atoms with E-state index in [-0.39, 0.29) is 18.2 Å². The third-order valence-corrected chi connectivity index (χ3v) is 6.19. The van der Waals surface area contributed by atoms with Crippen molar-refractivity contribution in [3.63, 3.8) is 0 Å². The predicted octanol–water partition coefficient (Wildman–Crippen LogP) is 4.27. The number of hydrogen-bond donors (Lipinski definition) is 1. The molecule has 1 aliphatic heterocycles. The van der Waals surface area contributed by atoms with E-state index >= 15 is 0 Å². The van der Waals surface area contributed by atoms with Crippen LogP contribution in [0.2, 0.25) is 0 Å². The Morgan fingerprint density at radius 2 is 1.93 bits per heavy atom. The Labute approximate surface area is 173 Å². The molecule has 0 radical (unpaired) electrons. The van der Waals surface area contributed by atoms with Gasteiger partial charge in [0, 0.05) is 17.7 Å². The first kappa shape index (κ1) is 19.4. The predicted molar refractivity (Wildman–Crippen MR) is 114 cm³/mol. The summed E-state index contributed by atoms with van der Waals surface area (Å²) in [5, 5.41) is 11.3. The topological polar surface area (TPSA) is 76.9 Å². The van der Waals surface area contributed by atoms with Crippen molar-refractivity contribution in [1.29, 1.82) is 0 Å². The molecule has 1 aromatic heterocycles. The average molecular weight is 407 g/mol. The van der Waals surface area contributed by atoms with Gasteiger partial charge in [0.05, 0.1) is 0 Å². The van der Waals surface area contributed by atoms with Crippen LogP contribution in [0.4, 0.5) is 5.69 Å². The van der Waals surface area contributed by atoms with Crippen LogP contribution in [0, 0.1) is 13.8 Å². The molecule has 1 amide bonds. The highest BCUT2D eigenvalue weighted by atomic mass is 32.2. The summed E-state index contributed by atoms with van der Waals surface area (Å²) in [5.74, 6) is 0.160. The standard InChI is InChI=1S/C22H22N4O2S/c1-4-15-7-9-16(10-8-15)20-24-25-22-26(20)19(27)12-18(29-22)21(28)23-17-11-13(2)5-6-14(17)3/h5-11,18H,4,12H2,1-3H3,(H,23,28). The summed E-state index contributed by atoms with van der Waals surface area (Å²) in [6.45, 7) is 6.02. The number of fused-ring (bicyclic) bond motifs is 1. The second-order valence-electron chi connectivity index (χ2n) is 7.20. The van der Waals surface area contributed by atoms with Crippen molar-refractivity contribution in [2.75, 3.05) is 5.32 Å². The van der Waals surface area contributed by atoms with Crippen LogP contribution in [0.1, 0.15) is 34.8 Å². The lowest BCUT2D eigenvalue weighted by Crippen LogP contribution is -2.33. The van der Waals surface area contributed by atoms with Crippen LogP contribution in [-0.4, -0.2) is 31.8 Å². The number of aromatic nitrogens is 3. The number of carbonyl (C=O) groups is 2. The van der Waals surface area contributed by atoms with Gasteiger partial charge in [0.1, 0.15) is 5.25 Å². The third-order valence-electron chi connectivity index (χ3n) is 5.05. The van der Waals surface area contributed by atoms with Crippen LogP contribution in [0.25, 0.3) is 11.4 Å². The number of nitrogens with zero attached hydrogens (tertiary/aromatic N) is 3. The molecule has 6 nitrogen and oxygen atoms in total. The summed E-state index contributed by atoms with van der Waals surface area (Å²) in [6, 6.07) is 13.9. The van der Waals surface area contributed by atoms with E-state index in [0.717, 1.165) is 28.8 Å². The summed E-state index contributed by atoms with van der Waals surface area (Å²) in [4.78, 5) is 25.6. The highest BCUT2D eigenvalue weighted by molar-refractivity contribution is 8.00. The molecule has 29 heavy (non-hydrogen) atoms. The minimum absolute atomic E-state index is 0.104. The van der Waals surface area contributed by atoms with Crippen LogP contribution in [-0.2, 0) is 11.2 Å². The molecule has 2 heterocycles. The first-order valence-corrected chi connectivity index (χ1v) is 10.5. The molecule has 0 fully saturated rings. The normalized spacial score (nSPS) is 15.8. The Morgan fingerprint density at radius 3 is 2.66 bits per heavy atom. The SMILES string of the molecule is CCc1ccc(-c2nnc3n2C(=O)CC(C(=O)Nc2cc(C)ccc2C)S3)cc1. The average Bonchev–Trinajstić information content (AvgIpc) is 3.15. The van der Waals surface area contributed by atoms with E-state index in [1.807, 2.05) is 56.3 Å². The minimum atomic E-state index is -0.533. The lowest BCUT2D eigenvalue weighted by Gasteiger charge is -2.21.